The van der Waals surface area contributed by atoms with E-state index in [1.54, 1.807) is 0 Å². The van der Waals surface area contributed by atoms with E-state index < -0.39 is 0 Å². The van der Waals surface area contributed by atoms with Crippen molar-refractivity contribution in [2.45, 2.75) is 19.3 Å². The first-order valence-corrected chi connectivity index (χ1v) is 18.0. The Kier molecular flexibility index (Phi) is 6.23. The van der Waals surface area contributed by atoms with Crippen molar-refractivity contribution in [1.82, 2.24) is 19.5 Å². The molecule has 0 saturated carbocycles. The van der Waals surface area contributed by atoms with Crippen molar-refractivity contribution in [3.05, 3.63) is 169 Å². The molecule has 0 amide bonds. The Morgan fingerprint density at radius 3 is 1.85 bits per heavy atom. The van der Waals surface area contributed by atoms with Crippen LogP contribution in [-0.4, -0.2) is 19.5 Å². The first-order chi connectivity index (χ1) is 26.0. The molecule has 10 aromatic rings. The number of furan rings is 1. The maximum atomic E-state index is 6.70. The molecule has 3 heterocycles. The molecule has 0 saturated heterocycles. The number of para-hydroxylation sites is 1. The van der Waals surface area contributed by atoms with E-state index in [1.165, 1.54) is 38.5 Å². The molecule has 5 nitrogen and oxygen atoms in total. The van der Waals surface area contributed by atoms with Gasteiger partial charge in [0.15, 0.2) is 17.5 Å². The highest BCUT2D eigenvalue weighted by Crippen LogP contribution is 2.50. The Hall–Kier alpha value is -6.85. The third-order valence-electron chi connectivity index (χ3n) is 11.1. The number of rotatable bonds is 4. The van der Waals surface area contributed by atoms with Gasteiger partial charge in [-0.3, -0.25) is 0 Å². The summed E-state index contributed by atoms with van der Waals surface area (Å²) in [6.45, 7) is 4.68. The second-order valence-electron chi connectivity index (χ2n) is 14.4. The zero-order valence-corrected chi connectivity index (χ0v) is 29.2. The Morgan fingerprint density at radius 1 is 0.472 bits per heavy atom. The van der Waals surface area contributed by atoms with Crippen molar-refractivity contribution in [2.75, 3.05) is 0 Å². The summed E-state index contributed by atoms with van der Waals surface area (Å²) in [5.41, 5.74) is 13.1. The molecule has 0 unspecified atom stereocenters. The summed E-state index contributed by atoms with van der Waals surface area (Å²) in [7, 11) is 0. The van der Waals surface area contributed by atoms with Gasteiger partial charge in [-0.2, -0.15) is 0 Å². The minimum absolute atomic E-state index is 0.107. The topological polar surface area (TPSA) is 56.7 Å². The molecule has 7 aromatic carbocycles. The largest absolute Gasteiger partial charge is 0.456 e. The third-order valence-corrected chi connectivity index (χ3v) is 11.1. The molecule has 1 aliphatic carbocycles. The van der Waals surface area contributed by atoms with E-state index in [0.717, 1.165) is 49.8 Å². The lowest BCUT2D eigenvalue weighted by molar-refractivity contribution is 0.660. The number of benzene rings is 7. The van der Waals surface area contributed by atoms with Crippen LogP contribution in [-0.2, 0) is 5.41 Å². The van der Waals surface area contributed by atoms with Gasteiger partial charge in [0.1, 0.15) is 11.2 Å². The predicted octanol–water partition coefficient (Wildman–Crippen LogP) is 12.2. The lowest BCUT2D eigenvalue weighted by Gasteiger charge is -2.22. The molecule has 11 rings (SSSR count). The quantitative estimate of drug-likeness (QED) is 0.186. The minimum Gasteiger partial charge on any atom is -0.456 e. The van der Waals surface area contributed by atoms with Crippen LogP contribution < -0.4 is 0 Å². The molecule has 0 radical (unpaired) electrons. The Morgan fingerprint density at radius 2 is 1.09 bits per heavy atom. The summed E-state index contributed by atoms with van der Waals surface area (Å²) in [6, 6.07) is 55.3. The van der Waals surface area contributed by atoms with Crippen LogP contribution >= 0.6 is 0 Å². The molecular weight excluding hydrogens is 649 g/mol. The van der Waals surface area contributed by atoms with E-state index in [2.05, 4.69) is 115 Å². The molecule has 53 heavy (non-hydrogen) atoms. The Bertz CT molecular complexity index is 3020. The Balaban J connectivity index is 1.13. The van der Waals surface area contributed by atoms with E-state index in [-0.39, 0.29) is 5.41 Å². The highest BCUT2D eigenvalue weighted by atomic mass is 16.3. The summed E-state index contributed by atoms with van der Waals surface area (Å²) >= 11 is 0. The van der Waals surface area contributed by atoms with Gasteiger partial charge in [0.25, 0.3) is 0 Å². The second kappa shape index (κ2) is 11.1. The first-order valence-electron chi connectivity index (χ1n) is 18.0. The van der Waals surface area contributed by atoms with Crippen LogP contribution in [0.4, 0.5) is 0 Å². The number of hydrogen-bond acceptors (Lipinski definition) is 4. The van der Waals surface area contributed by atoms with Crippen LogP contribution in [0, 0.1) is 0 Å². The standard InChI is InChI=1S/C48H32N4O/c1-48(2)38-19-11-9-17-33(38)34-24-22-32(28-39(34)48)52-40-20-12-10-18-35(40)36-25-26-41-43(44(36)52)37-23-21-31(27-42(37)53-41)47-50-45(29-13-5-3-6-14-29)49-46(51-47)30-15-7-4-8-16-30/h3-28H,1-2H3. The number of hydrogen-bond donors (Lipinski definition) is 0. The van der Waals surface area contributed by atoms with Gasteiger partial charge in [-0.25, -0.2) is 15.0 Å². The molecule has 0 N–H and O–H groups in total. The fourth-order valence-corrected chi connectivity index (χ4v) is 8.49. The van der Waals surface area contributed by atoms with Crippen molar-refractivity contribution in [3.8, 4) is 51.0 Å². The molecular formula is C48H32N4O. The van der Waals surface area contributed by atoms with Crippen molar-refractivity contribution >= 4 is 43.7 Å². The smallest absolute Gasteiger partial charge is 0.164 e. The van der Waals surface area contributed by atoms with Gasteiger partial charge in [-0.15, -0.1) is 0 Å². The van der Waals surface area contributed by atoms with Crippen LogP contribution in [0.3, 0.4) is 0 Å². The molecule has 1 aliphatic rings. The van der Waals surface area contributed by atoms with Crippen LogP contribution in [0.1, 0.15) is 25.0 Å². The van der Waals surface area contributed by atoms with E-state index in [4.69, 9.17) is 19.4 Å². The van der Waals surface area contributed by atoms with Gasteiger partial charge < -0.3 is 8.98 Å². The van der Waals surface area contributed by atoms with E-state index >= 15 is 0 Å². The van der Waals surface area contributed by atoms with Crippen molar-refractivity contribution in [2.24, 2.45) is 0 Å². The molecule has 0 aliphatic heterocycles. The maximum absolute atomic E-state index is 6.70. The molecule has 5 heteroatoms. The van der Waals surface area contributed by atoms with Crippen LogP contribution in [0.25, 0.3) is 94.7 Å². The molecule has 0 bridgehead atoms. The Labute approximate surface area is 305 Å². The van der Waals surface area contributed by atoms with E-state index in [9.17, 15) is 0 Å². The van der Waals surface area contributed by atoms with E-state index in [0.29, 0.717) is 17.5 Å². The van der Waals surface area contributed by atoms with Gasteiger partial charge >= 0.3 is 0 Å². The molecule has 0 fully saturated rings. The first kappa shape index (κ1) is 29.8. The van der Waals surface area contributed by atoms with Crippen LogP contribution in [0.5, 0.6) is 0 Å². The summed E-state index contributed by atoms with van der Waals surface area (Å²) < 4.78 is 9.13. The zero-order chi connectivity index (χ0) is 35.3. The maximum Gasteiger partial charge on any atom is 0.164 e. The normalized spacial score (nSPS) is 13.2. The highest BCUT2D eigenvalue weighted by Gasteiger charge is 2.35. The van der Waals surface area contributed by atoms with Crippen LogP contribution in [0.15, 0.2) is 162 Å². The van der Waals surface area contributed by atoms with Gasteiger partial charge in [0.05, 0.1) is 16.4 Å². The summed E-state index contributed by atoms with van der Waals surface area (Å²) in [6.07, 6.45) is 0. The number of aromatic nitrogens is 4. The van der Waals surface area contributed by atoms with Gasteiger partial charge in [-0.05, 0) is 64.7 Å². The predicted molar refractivity (Wildman–Crippen MR) is 215 cm³/mol. The fourth-order valence-electron chi connectivity index (χ4n) is 8.49. The third kappa shape index (κ3) is 4.40. The molecule has 250 valence electrons. The summed E-state index contributed by atoms with van der Waals surface area (Å²) in [5.74, 6) is 1.86. The van der Waals surface area contributed by atoms with Gasteiger partial charge in [-0.1, -0.05) is 129 Å². The summed E-state index contributed by atoms with van der Waals surface area (Å²) in [4.78, 5) is 14.8. The SMILES string of the molecule is CC1(C)c2ccccc2-c2ccc(-n3c4ccccc4c4ccc5oc6cc(-c7nc(-c8ccccc8)nc(-c8ccccc8)n7)ccc6c5c43)cc21. The molecule has 0 atom stereocenters. The summed E-state index contributed by atoms with van der Waals surface area (Å²) in [5, 5.41) is 4.55. The van der Waals surface area contributed by atoms with E-state index in [1.807, 2.05) is 60.7 Å². The van der Waals surface area contributed by atoms with Crippen LogP contribution in [0.2, 0.25) is 0 Å². The monoisotopic (exact) mass is 680 g/mol. The van der Waals surface area contributed by atoms with Crippen molar-refractivity contribution < 1.29 is 4.42 Å². The van der Waals surface area contributed by atoms with Gasteiger partial charge in [0, 0.05) is 44.0 Å². The lowest BCUT2D eigenvalue weighted by atomic mass is 9.82. The van der Waals surface area contributed by atoms with Gasteiger partial charge in [0.2, 0.25) is 0 Å². The average molecular weight is 681 g/mol. The van der Waals surface area contributed by atoms with Crippen molar-refractivity contribution in [3.63, 3.8) is 0 Å². The highest BCUT2D eigenvalue weighted by molar-refractivity contribution is 6.24. The fraction of sp³-hybridized carbons (Fsp3) is 0.0625. The lowest BCUT2D eigenvalue weighted by Crippen LogP contribution is -2.15. The van der Waals surface area contributed by atoms with Crippen molar-refractivity contribution in [1.29, 1.82) is 0 Å². The molecule has 3 aromatic heterocycles. The number of fused-ring (bicyclic) bond motifs is 10. The zero-order valence-electron chi connectivity index (χ0n) is 29.2. The molecule has 0 spiro atoms. The number of nitrogens with zero attached hydrogens (tertiary/aromatic N) is 4. The minimum atomic E-state index is -0.107. The second-order valence-corrected chi connectivity index (χ2v) is 14.4. The average Bonchev–Trinajstić information content (AvgIpc) is 3.83.